The molecule has 31 heavy (non-hydrogen) atoms. The number of hydrogen-bond donors (Lipinski definition) is 2. The molecule has 0 fully saturated rings. The maximum atomic E-state index is 12.1. The van der Waals surface area contributed by atoms with Crippen molar-refractivity contribution in [1.82, 2.24) is 15.1 Å². The number of aliphatic carboxylic acids is 1. The Bertz CT molecular complexity index is 601. The number of carboxylic acid groups (broad SMARTS) is 1. The van der Waals surface area contributed by atoms with Gasteiger partial charge in [-0.2, -0.15) is 5.10 Å². The van der Waals surface area contributed by atoms with Gasteiger partial charge in [0.05, 0.1) is 11.8 Å². The van der Waals surface area contributed by atoms with Crippen molar-refractivity contribution < 1.29 is 14.7 Å². The van der Waals surface area contributed by atoms with Crippen molar-refractivity contribution in [2.24, 2.45) is 0 Å². The lowest BCUT2D eigenvalue weighted by molar-refractivity contribution is -0.140. The van der Waals surface area contributed by atoms with E-state index < -0.39 is 12.0 Å². The third kappa shape index (κ3) is 13.2. The number of nitrogens with zero attached hydrogens (tertiary/aromatic N) is 2. The molecule has 178 valence electrons. The first-order chi connectivity index (χ1) is 15.1. The van der Waals surface area contributed by atoms with Crippen molar-refractivity contribution in [1.29, 1.82) is 0 Å². The lowest BCUT2D eigenvalue weighted by atomic mass is 10.0. The first-order valence-electron chi connectivity index (χ1n) is 12.6. The zero-order chi connectivity index (χ0) is 22.7. The molecule has 0 spiro atoms. The summed E-state index contributed by atoms with van der Waals surface area (Å²) < 4.78 is 1.30. The lowest BCUT2D eigenvalue weighted by Gasteiger charge is -2.06. The molecule has 2 N–H and O–H groups in total. The zero-order valence-corrected chi connectivity index (χ0v) is 19.9. The fourth-order valence-corrected chi connectivity index (χ4v) is 3.76. The average molecular weight is 436 g/mol. The Labute approximate surface area is 189 Å². The molecule has 0 aliphatic heterocycles. The summed E-state index contributed by atoms with van der Waals surface area (Å²) in [6, 6.07) is -0.776. The molecule has 1 unspecified atom stereocenters. The van der Waals surface area contributed by atoms with E-state index in [-0.39, 0.29) is 5.91 Å². The summed E-state index contributed by atoms with van der Waals surface area (Å²) in [5, 5.41) is 15.8. The Morgan fingerprint density at radius 2 is 1.32 bits per heavy atom. The van der Waals surface area contributed by atoms with Crippen LogP contribution in [0.3, 0.4) is 0 Å². The van der Waals surface area contributed by atoms with Crippen LogP contribution in [0, 0.1) is 0 Å². The van der Waals surface area contributed by atoms with Gasteiger partial charge >= 0.3 is 5.97 Å². The average Bonchev–Trinajstić information content (AvgIpc) is 3.25. The molecule has 0 saturated carbocycles. The second kappa shape index (κ2) is 17.8. The van der Waals surface area contributed by atoms with E-state index in [0.717, 1.165) is 12.8 Å². The highest BCUT2D eigenvalue weighted by Crippen LogP contribution is 2.13. The maximum Gasteiger partial charge on any atom is 0.328 e. The Morgan fingerprint density at radius 3 is 1.77 bits per heavy atom. The van der Waals surface area contributed by atoms with Crippen LogP contribution in [0.25, 0.3) is 0 Å². The van der Waals surface area contributed by atoms with Crippen LogP contribution in [0.4, 0.5) is 0 Å². The molecule has 0 radical (unpaired) electrons. The van der Waals surface area contributed by atoms with Crippen LogP contribution in [0.15, 0.2) is 12.4 Å². The van der Waals surface area contributed by atoms with Crippen LogP contribution >= 0.6 is 0 Å². The molecule has 1 rings (SSSR count). The van der Waals surface area contributed by atoms with Crippen molar-refractivity contribution in [3.63, 3.8) is 0 Å². The Balaban J connectivity index is 1.88. The quantitative estimate of drug-likeness (QED) is 0.228. The van der Waals surface area contributed by atoms with Crippen molar-refractivity contribution >= 4 is 11.9 Å². The second-order valence-corrected chi connectivity index (χ2v) is 8.78. The maximum absolute atomic E-state index is 12.1. The zero-order valence-electron chi connectivity index (χ0n) is 19.9. The van der Waals surface area contributed by atoms with Crippen LogP contribution < -0.4 is 5.32 Å². The third-order valence-electron chi connectivity index (χ3n) is 5.93. The van der Waals surface area contributed by atoms with Crippen LogP contribution in [0.5, 0.6) is 0 Å². The molecule has 6 nitrogen and oxygen atoms in total. The van der Waals surface area contributed by atoms with E-state index in [1.54, 1.807) is 0 Å². The predicted molar refractivity (Wildman–Crippen MR) is 126 cm³/mol. The van der Waals surface area contributed by atoms with E-state index in [1.165, 1.54) is 114 Å². The first kappa shape index (κ1) is 27.2. The fraction of sp³-hybridized carbons (Fsp3) is 0.800. The van der Waals surface area contributed by atoms with E-state index in [0.29, 0.717) is 12.1 Å². The van der Waals surface area contributed by atoms with E-state index in [4.69, 9.17) is 5.11 Å². The van der Waals surface area contributed by atoms with Gasteiger partial charge in [-0.1, -0.05) is 103 Å². The monoisotopic (exact) mass is 435 g/mol. The highest BCUT2D eigenvalue weighted by atomic mass is 16.4. The number of aromatic nitrogens is 2. The molecule has 1 atom stereocenters. The number of carbonyl (C=O) groups is 2. The number of carbonyl (C=O) groups excluding carboxylic acids is 1. The van der Waals surface area contributed by atoms with Crippen LogP contribution in [-0.4, -0.2) is 33.3 Å². The van der Waals surface area contributed by atoms with Gasteiger partial charge in [-0.15, -0.1) is 0 Å². The van der Waals surface area contributed by atoms with Gasteiger partial charge in [0.25, 0.3) is 5.91 Å². The van der Waals surface area contributed by atoms with E-state index in [1.807, 2.05) is 0 Å². The molecule has 0 aliphatic carbocycles. The van der Waals surface area contributed by atoms with E-state index in [2.05, 4.69) is 17.3 Å². The Kier molecular flexibility index (Phi) is 15.6. The SMILES string of the molecule is CCCCCCCCCCCCCCCCCCNC(=O)c1cnn(C(C)C(=O)O)c1. The van der Waals surface area contributed by atoms with E-state index >= 15 is 0 Å². The fourth-order valence-electron chi connectivity index (χ4n) is 3.76. The van der Waals surface area contributed by atoms with Crippen molar-refractivity contribution in [3.8, 4) is 0 Å². The predicted octanol–water partition coefficient (Wildman–Crippen LogP) is 6.52. The molecular weight excluding hydrogens is 390 g/mol. The summed E-state index contributed by atoms with van der Waals surface area (Å²) in [7, 11) is 0. The molecule has 0 aromatic carbocycles. The molecule has 0 bridgehead atoms. The Morgan fingerprint density at radius 1 is 0.871 bits per heavy atom. The number of rotatable bonds is 20. The summed E-state index contributed by atoms with van der Waals surface area (Å²) in [6.07, 6.45) is 24.2. The summed E-state index contributed by atoms with van der Waals surface area (Å²) in [4.78, 5) is 23.1. The van der Waals surface area contributed by atoms with Gasteiger partial charge in [-0.25, -0.2) is 4.79 Å². The number of nitrogens with one attached hydrogen (secondary N) is 1. The topological polar surface area (TPSA) is 84.2 Å². The van der Waals surface area contributed by atoms with Crippen molar-refractivity contribution in [3.05, 3.63) is 18.0 Å². The van der Waals surface area contributed by atoms with Crippen LogP contribution in [0.2, 0.25) is 0 Å². The second-order valence-electron chi connectivity index (χ2n) is 8.78. The number of hydrogen-bond acceptors (Lipinski definition) is 3. The van der Waals surface area contributed by atoms with Crippen LogP contribution in [0.1, 0.15) is 133 Å². The number of amides is 1. The minimum absolute atomic E-state index is 0.190. The van der Waals surface area contributed by atoms with Crippen LogP contribution in [-0.2, 0) is 4.79 Å². The lowest BCUT2D eigenvalue weighted by Crippen LogP contribution is -2.24. The first-order valence-corrected chi connectivity index (χ1v) is 12.6. The van der Waals surface area contributed by atoms with Gasteiger partial charge in [-0.3, -0.25) is 9.48 Å². The largest absolute Gasteiger partial charge is 0.480 e. The summed E-state index contributed by atoms with van der Waals surface area (Å²) >= 11 is 0. The van der Waals surface area contributed by atoms with Gasteiger partial charge in [0.15, 0.2) is 0 Å². The molecular formula is C25H45N3O3. The van der Waals surface area contributed by atoms with Crippen molar-refractivity contribution in [2.75, 3.05) is 6.54 Å². The van der Waals surface area contributed by atoms with Gasteiger partial charge in [-0.05, 0) is 13.3 Å². The highest BCUT2D eigenvalue weighted by Gasteiger charge is 2.16. The smallest absolute Gasteiger partial charge is 0.328 e. The van der Waals surface area contributed by atoms with Gasteiger partial charge < -0.3 is 10.4 Å². The number of unbranched alkanes of at least 4 members (excludes halogenated alkanes) is 15. The minimum Gasteiger partial charge on any atom is -0.480 e. The van der Waals surface area contributed by atoms with Gasteiger partial charge in [0.1, 0.15) is 6.04 Å². The van der Waals surface area contributed by atoms with Crippen molar-refractivity contribution in [2.45, 2.75) is 123 Å². The third-order valence-corrected chi connectivity index (χ3v) is 5.93. The number of carboxylic acids is 1. The minimum atomic E-state index is -0.969. The van der Waals surface area contributed by atoms with Gasteiger partial charge in [0, 0.05) is 12.7 Å². The summed E-state index contributed by atoms with van der Waals surface area (Å²) in [5.74, 6) is -1.16. The molecule has 6 heteroatoms. The van der Waals surface area contributed by atoms with Gasteiger partial charge in [0.2, 0.25) is 0 Å². The molecule has 1 heterocycles. The molecule has 1 amide bonds. The molecule has 1 aromatic heterocycles. The standard InChI is InChI=1S/C25H45N3O3/c1-3-4-5-6-7-8-9-10-11-12-13-14-15-16-17-18-19-26-24(29)23-20-27-28(21-23)22(2)25(30)31/h20-22H,3-19H2,1-2H3,(H,26,29)(H,30,31). The Hall–Kier alpha value is -1.85. The normalized spacial score (nSPS) is 12.1. The molecule has 0 saturated heterocycles. The summed E-state index contributed by atoms with van der Waals surface area (Å²) in [5.41, 5.74) is 0.407. The van der Waals surface area contributed by atoms with E-state index in [9.17, 15) is 9.59 Å². The molecule has 1 aromatic rings. The molecule has 0 aliphatic rings. The summed E-state index contributed by atoms with van der Waals surface area (Å²) in [6.45, 7) is 4.46. The highest BCUT2D eigenvalue weighted by molar-refractivity contribution is 5.93.